The molecule has 1 aliphatic heterocycles. The lowest BCUT2D eigenvalue weighted by atomic mass is 9.84. The number of benzene rings is 2. The molecule has 0 amide bonds. The number of hydrogen-bond acceptors (Lipinski definition) is 8. The van der Waals surface area contributed by atoms with Gasteiger partial charge in [0, 0.05) is 30.4 Å². The summed E-state index contributed by atoms with van der Waals surface area (Å²) in [6.45, 7) is 4.60. The number of ether oxygens (including phenoxy) is 3. The van der Waals surface area contributed by atoms with Crippen molar-refractivity contribution >= 4 is 32.7 Å². The van der Waals surface area contributed by atoms with Gasteiger partial charge in [-0.3, -0.25) is 14.4 Å². The van der Waals surface area contributed by atoms with Crippen LogP contribution in [0.3, 0.4) is 0 Å². The smallest absolute Gasteiger partial charge is 0.310 e. The Morgan fingerprint density at radius 3 is 2.49 bits per heavy atom. The summed E-state index contributed by atoms with van der Waals surface area (Å²) in [6, 6.07) is 12.7. The minimum absolute atomic E-state index is 0.0885. The van der Waals surface area contributed by atoms with E-state index in [0.717, 1.165) is 43.1 Å². The van der Waals surface area contributed by atoms with E-state index in [1.54, 1.807) is 24.3 Å². The molecule has 2 fully saturated rings. The van der Waals surface area contributed by atoms with Crippen molar-refractivity contribution in [3.8, 4) is 5.75 Å². The maximum atomic E-state index is 13.8. The molecule has 43 heavy (non-hydrogen) atoms. The Kier molecular flexibility index (Phi) is 9.86. The molecule has 2 aliphatic rings. The highest BCUT2D eigenvalue weighted by molar-refractivity contribution is 8.32. The Bertz CT molecular complexity index is 1490. The molecule has 0 spiro atoms. The number of ketones is 1. The van der Waals surface area contributed by atoms with Crippen molar-refractivity contribution in [2.45, 2.75) is 39.2 Å². The largest absolute Gasteiger partial charge is 0.493 e. The molecule has 0 radical (unpaired) electrons. The Morgan fingerprint density at radius 2 is 1.77 bits per heavy atom. The molecule has 9 nitrogen and oxygen atoms in total. The molecular formula is C33H43N3O6S. The summed E-state index contributed by atoms with van der Waals surface area (Å²) >= 11 is 0. The summed E-state index contributed by atoms with van der Waals surface area (Å²) in [5.41, 5.74) is 1.78. The van der Waals surface area contributed by atoms with E-state index in [-0.39, 0.29) is 29.8 Å². The standard InChI is InChI=1S/C33H43N3O6S/c1-22-5-12-29-28(19-22)32(38)36(35-34-29)20-25-8-11-27(30(25)33(39)41-17-18-43(2,3)4)31(37)24-6-9-26(10-7-24)42-21-23-13-15-40-16-14-23/h5-7,9-10,12,19,23,25,27,30H,8,11,13-18,20-21H2,1-4H3/t25-,27-,30-/m0/s1. The summed E-state index contributed by atoms with van der Waals surface area (Å²) in [6.07, 6.45) is 9.64. The van der Waals surface area contributed by atoms with Crippen LogP contribution < -0.4 is 10.3 Å². The molecule has 1 aromatic heterocycles. The van der Waals surface area contributed by atoms with Gasteiger partial charge in [-0.1, -0.05) is 16.8 Å². The van der Waals surface area contributed by atoms with Crippen LogP contribution in [0.5, 0.6) is 5.75 Å². The van der Waals surface area contributed by atoms with Gasteiger partial charge in [0.15, 0.2) is 5.78 Å². The van der Waals surface area contributed by atoms with Crippen molar-refractivity contribution < 1.29 is 23.8 Å². The lowest BCUT2D eigenvalue weighted by Gasteiger charge is -2.27. The quantitative estimate of drug-likeness (QED) is 0.228. The number of aromatic nitrogens is 3. The SMILES string of the molecule is Cc1ccc2nnn(C[C@@H]3CC[C@H](C(=O)c4ccc(OCC5CCOCC5)cc4)[C@H]3C(=O)OCCS(C)(C)C)c(=O)c2c1. The van der Waals surface area contributed by atoms with Crippen LogP contribution in [-0.2, 0) is 20.8 Å². The van der Waals surface area contributed by atoms with E-state index >= 15 is 0 Å². The number of hydrogen-bond donors (Lipinski definition) is 0. The van der Waals surface area contributed by atoms with Crippen LogP contribution in [-0.4, -0.2) is 77.7 Å². The average Bonchev–Trinajstić information content (AvgIpc) is 3.41. The number of nitrogens with zero attached hydrogens (tertiary/aromatic N) is 3. The first kappa shape index (κ1) is 31.2. The summed E-state index contributed by atoms with van der Waals surface area (Å²) < 4.78 is 18.5. The summed E-state index contributed by atoms with van der Waals surface area (Å²) in [4.78, 5) is 40.7. The van der Waals surface area contributed by atoms with Gasteiger partial charge in [0.2, 0.25) is 0 Å². The van der Waals surface area contributed by atoms with Crippen molar-refractivity contribution in [3.63, 3.8) is 0 Å². The van der Waals surface area contributed by atoms with E-state index < -0.39 is 21.9 Å². The molecule has 1 aliphatic carbocycles. The molecule has 2 heterocycles. The number of aryl methyl sites for hydroxylation is 1. The average molecular weight is 610 g/mol. The molecule has 1 saturated carbocycles. The second kappa shape index (κ2) is 13.6. The first-order valence-corrected chi connectivity index (χ1v) is 18.1. The molecule has 0 N–H and O–H groups in total. The van der Waals surface area contributed by atoms with E-state index in [0.29, 0.717) is 48.4 Å². The third kappa shape index (κ3) is 7.84. The molecular weight excluding hydrogens is 566 g/mol. The number of rotatable bonds is 11. The van der Waals surface area contributed by atoms with Crippen molar-refractivity contribution in [2.75, 3.05) is 50.9 Å². The van der Waals surface area contributed by atoms with E-state index in [1.807, 2.05) is 25.1 Å². The number of fused-ring (bicyclic) bond motifs is 1. The van der Waals surface area contributed by atoms with Crippen LogP contribution >= 0.6 is 10.0 Å². The Balaban J connectivity index is 1.33. The predicted octanol–water partition coefficient (Wildman–Crippen LogP) is 4.67. The van der Waals surface area contributed by atoms with E-state index in [1.165, 1.54) is 4.68 Å². The van der Waals surface area contributed by atoms with E-state index in [9.17, 15) is 14.4 Å². The zero-order valence-corrected chi connectivity index (χ0v) is 26.4. The molecule has 0 unspecified atom stereocenters. The molecule has 232 valence electrons. The van der Waals surface area contributed by atoms with Crippen LogP contribution in [0.1, 0.15) is 41.6 Å². The summed E-state index contributed by atoms with van der Waals surface area (Å²) in [5, 5.41) is 8.91. The topological polar surface area (TPSA) is 110 Å². The van der Waals surface area contributed by atoms with Crippen molar-refractivity contribution in [1.29, 1.82) is 0 Å². The monoisotopic (exact) mass is 609 g/mol. The number of carbonyl (C=O) groups excluding carboxylic acids is 2. The van der Waals surface area contributed by atoms with Gasteiger partial charge in [-0.15, -0.1) is 5.10 Å². The maximum absolute atomic E-state index is 13.8. The van der Waals surface area contributed by atoms with Gasteiger partial charge in [-0.2, -0.15) is 0 Å². The molecule has 2 aromatic carbocycles. The van der Waals surface area contributed by atoms with Gasteiger partial charge < -0.3 is 14.2 Å². The van der Waals surface area contributed by atoms with Gasteiger partial charge in [-0.25, -0.2) is 14.7 Å². The molecule has 1 saturated heterocycles. The first-order chi connectivity index (χ1) is 20.6. The Morgan fingerprint density at radius 1 is 1.02 bits per heavy atom. The number of Topliss-reactive ketones (excluding diaryl/α,β-unsaturated/α-hetero) is 1. The highest BCUT2D eigenvalue weighted by atomic mass is 32.3. The first-order valence-electron chi connectivity index (χ1n) is 15.1. The predicted molar refractivity (Wildman–Crippen MR) is 169 cm³/mol. The van der Waals surface area contributed by atoms with Gasteiger partial charge in [0.1, 0.15) is 11.3 Å². The summed E-state index contributed by atoms with van der Waals surface area (Å²) in [7, 11) is -0.850. The van der Waals surface area contributed by atoms with Crippen LogP contribution in [0, 0.1) is 30.6 Å². The second-order valence-corrected chi connectivity index (χ2v) is 17.4. The minimum atomic E-state index is -0.850. The lowest BCUT2D eigenvalue weighted by Crippen LogP contribution is -2.36. The molecule has 5 rings (SSSR count). The fourth-order valence-corrected chi connectivity index (χ4v) is 6.60. The molecule has 10 heteroatoms. The lowest BCUT2D eigenvalue weighted by molar-refractivity contribution is -0.150. The van der Waals surface area contributed by atoms with Gasteiger partial charge in [0.05, 0.1) is 31.1 Å². The zero-order valence-electron chi connectivity index (χ0n) is 25.6. The van der Waals surface area contributed by atoms with Crippen LogP contribution in [0.4, 0.5) is 0 Å². The fraction of sp³-hybridized carbons (Fsp3) is 0.545. The Hall–Kier alpha value is -3.24. The molecule has 0 bridgehead atoms. The third-order valence-electron chi connectivity index (χ3n) is 8.59. The normalized spacial score (nSPS) is 21.5. The number of esters is 1. The third-order valence-corrected chi connectivity index (χ3v) is 9.98. The zero-order chi connectivity index (χ0) is 30.6. The fourth-order valence-electron chi connectivity index (χ4n) is 6.01. The maximum Gasteiger partial charge on any atom is 0.310 e. The van der Waals surface area contributed by atoms with Crippen LogP contribution in [0.15, 0.2) is 47.3 Å². The van der Waals surface area contributed by atoms with Gasteiger partial charge in [-0.05, 0) is 99.6 Å². The summed E-state index contributed by atoms with van der Waals surface area (Å²) in [5.74, 6) is 0.0267. The Labute approximate surface area is 254 Å². The van der Waals surface area contributed by atoms with E-state index in [2.05, 4.69) is 29.1 Å². The van der Waals surface area contributed by atoms with Crippen molar-refractivity contribution in [1.82, 2.24) is 15.0 Å². The minimum Gasteiger partial charge on any atom is -0.493 e. The second-order valence-electron chi connectivity index (χ2n) is 12.8. The highest BCUT2D eigenvalue weighted by Gasteiger charge is 2.46. The van der Waals surface area contributed by atoms with Crippen molar-refractivity contribution in [3.05, 3.63) is 63.9 Å². The van der Waals surface area contributed by atoms with Gasteiger partial charge >= 0.3 is 5.97 Å². The van der Waals surface area contributed by atoms with Crippen molar-refractivity contribution in [2.24, 2.45) is 23.7 Å². The number of carbonyl (C=O) groups is 2. The van der Waals surface area contributed by atoms with Crippen LogP contribution in [0.25, 0.3) is 10.9 Å². The highest BCUT2D eigenvalue weighted by Crippen LogP contribution is 2.41. The molecule has 3 aromatic rings. The molecule has 3 atom stereocenters. The van der Waals surface area contributed by atoms with E-state index in [4.69, 9.17) is 14.2 Å². The van der Waals surface area contributed by atoms with Gasteiger partial charge in [0.25, 0.3) is 5.56 Å². The van der Waals surface area contributed by atoms with Crippen LogP contribution in [0.2, 0.25) is 0 Å².